The number of nitro groups is 1. The Balaban J connectivity index is 1.63. The van der Waals surface area contributed by atoms with E-state index in [9.17, 15) is 14.9 Å². The van der Waals surface area contributed by atoms with Crippen molar-refractivity contribution in [1.82, 2.24) is 4.90 Å². The van der Waals surface area contributed by atoms with E-state index >= 15 is 0 Å². The van der Waals surface area contributed by atoms with Crippen LogP contribution in [0.15, 0.2) is 42.5 Å². The van der Waals surface area contributed by atoms with Crippen molar-refractivity contribution in [3.05, 3.63) is 58.1 Å². The highest BCUT2D eigenvalue weighted by molar-refractivity contribution is 5.89. The molecule has 0 radical (unpaired) electrons. The Hall–Kier alpha value is -3.17. The summed E-state index contributed by atoms with van der Waals surface area (Å²) in [5.74, 6) is 0.569. The Morgan fingerprint density at radius 3 is 2.57 bits per heavy atom. The number of rotatable bonds is 7. The fourth-order valence-electron chi connectivity index (χ4n) is 3.74. The predicted molar refractivity (Wildman–Crippen MR) is 116 cm³/mol. The second-order valence-electron chi connectivity index (χ2n) is 7.28. The molecule has 2 aromatic rings. The van der Waals surface area contributed by atoms with E-state index in [1.54, 1.807) is 25.3 Å². The lowest BCUT2D eigenvalue weighted by Gasteiger charge is -2.37. The maximum Gasteiger partial charge on any atom is 0.274 e. The molecule has 0 aliphatic carbocycles. The summed E-state index contributed by atoms with van der Waals surface area (Å²) in [5, 5.41) is 14.0. The largest absolute Gasteiger partial charge is 0.495 e. The van der Waals surface area contributed by atoms with Crippen LogP contribution in [0.2, 0.25) is 0 Å². The maximum absolute atomic E-state index is 11.3. The second kappa shape index (κ2) is 9.55. The van der Waals surface area contributed by atoms with Crippen LogP contribution in [0.3, 0.4) is 0 Å². The Labute approximate surface area is 175 Å². The molecule has 0 aromatic heterocycles. The number of para-hydroxylation sites is 1. The Morgan fingerprint density at radius 1 is 1.23 bits per heavy atom. The topological polar surface area (TPSA) is 114 Å². The molecular weight excluding hydrogens is 386 g/mol. The van der Waals surface area contributed by atoms with Gasteiger partial charge >= 0.3 is 0 Å². The van der Waals surface area contributed by atoms with Gasteiger partial charge in [0.1, 0.15) is 5.75 Å². The molecule has 160 valence electrons. The van der Waals surface area contributed by atoms with Gasteiger partial charge in [0, 0.05) is 69.1 Å². The van der Waals surface area contributed by atoms with Gasteiger partial charge in [0.25, 0.3) is 5.69 Å². The summed E-state index contributed by atoms with van der Waals surface area (Å²) in [6.07, 6.45) is 0. The van der Waals surface area contributed by atoms with Gasteiger partial charge in [-0.05, 0) is 12.1 Å². The van der Waals surface area contributed by atoms with E-state index in [1.165, 1.54) is 13.0 Å². The molecule has 2 aromatic carbocycles. The first-order valence-electron chi connectivity index (χ1n) is 9.81. The summed E-state index contributed by atoms with van der Waals surface area (Å²) in [6, 6.07) is 11.8. The lowest BCUT2D eigenvalue weighted by atomic mass is 10.0. The first kappa shape index (κ1) is 21.5. The van der Waals surface area contributed by atoms with Gasteiger partial charge in [-0.2, -0.15) is 0 Å². The molecule has 9 nitrogen and oxygen atoms in total. The molecule has 1 atom stereocenters. The number of hydrogen-bond donors (Lipinski definition) is 2. The number of hydrogen-bond acceptors (Lipinski definition) is 7. The van der Waals surface area contributed by atoms with Crippen LogP contribution in [-0.4, -0.2) is 55.6 Å². The lowest BCUT2D eigenvalue weighted by molar-refractivity contribution is -0.385. The van der Waals surface area contributed by atoms with Crippen molar-refractivity contribution >= 4 is 23.0 Å². The highest BCUT2D eigenvalue weighted by atomic mass is 16.6. The molecule has 3 rings (SSSR count). The minimum absolute atomic E-state index is 0.0626. The van der Waals surface area contributed by atoms with E-state index in [4.69, 9.17) is 10.5 Å². The molecule has 1 aliphatic heterocycles. The number of ether oxygens (including phenoxy) is 1. The molecule has 1 fully saturated rings. The Morgan fingerprint density at radius 2 is 1.93 bits per heavy atom. The third kappa shape index (κ3) is 5.05. The molecule has 1 unspecified atom stereocenters. The summed E-state index contributed by atoms with van der Waals surface area (Å²) < 4.78 is 5.52. The van der Waals surface area contributed by atoms with Crippen molar-refractivity contribution in [2.75, 3.05) is 50.1 Å². The van der Waals surface area contributed by atoms with Gasteiger partial charge in [0.2, 0.25) is 5.91 Å². The maximum atomic E-state index is 11.3. The van der Waals surface area contributed by atoms with Crippen molar-refractivity contribution in [2.24, 2.45) is 5.73 Å². The highest BCUT2D eigenvalue weighted by Crippen LogP contribution is 2.32. The van der Waals surface area contributed by atoms with Crippen LogP contribution in [0.4, 0.5) is 17.1 Å². The summed E-state index contributed by atoms with van der Waals surface area (Å²) in [5.41, 5.74) is 8.58. The van der Waals surface area contributed by atoms with E-state index in [0.717, 1.165) is 31.9 Å². The van der Waals surface area contributed by atoms with Gasteiger partial charge in [-0.15, -0.1) is 0 Å². The molecule has 0 saturated carbocycles. The molecule has 9 heteroatoms. The van der Waals surface area contributed by atoms with Crippen molar-refractivity contribution in [2.45, 2.75) is 13.0 Å². The summed E-state index contributed by atoms with van der Waals surface area (Å²) in [7, 11) is 1.61. The molecule has 0 spiro atoms. The van der Waals surface area contributed by atoms with E-state index in [1.807, 2.05) is 18.2 Å². The fraction of sp³-hybridized carbons (Fsp3) is 0.381. The Bertz CT molecular complexity index is 912. The normalized spacial score (nSPS) is 15.5. The SMILES string of the molecule is COc1cc(NC(C)=O)ccc1N1CCN(CC(N)c2ccccc2[N+](=O)[O-])CC1. The van der Waals surface area contributed by atoms with Crippen LogP contribution in [0, 0.1) is 10.1 Å². The molecule has 30 heavy (non-hydrogen) atoms. The highest BCUT2D eigenvalue weighted by Gasteiger charge is 2.24. The fourth-order valence-corrected chi connectivity index (χ4v) is 3.74. The molecular formula is C21H27N5O4. The van der Waals surface area contributed by atoms with Crippen LogP contribution in [-0.2, 0) is 4.79 Å². The number of carbonyl (C=O) groups excluding carboxylic acids is 1. The van der Waals surface area contributed by atoms with Gasteiger partial charge in [-0.3, -0.25) is 19.8 Å². The summed E-state index contributed by atoms with van der Waals surface area (Å²) in [6.45, 7) is 5.14. The molecule has 0 bridgehead atoms. The zero-order valence-electron chi connectivity index (χ0n) is 17.2. The zero-order chi connectivity index (χ0) is 21.7. The van der Waals surface area contributed by atoms with E-state index in [0.29, 0.717) is 23.5 Å². The molecule has 1 amide bonds. The molecule has 1 saturated heterocycles. The van der Waals surface area contributed by atoms with Gasteiger partial charge in [-0.25, -0.2) is 0 Å². The third-order valence-corrected chi connectivity index (χ3v) is 5.20. The van der Waals surface area contributed by atoms with Gasteiger partial charge in [-0.1, -0.05) is 18.2 Å². The minimum Gasteiger partial charge on any atom is -0.495 e. The van der Waals surface area contributed by atoms with Crippen LogP contribution >= 0.6 is 0 Å². The number of amides is 1. The van der Waals surface area contributed by atoms with E-state index < -0.39 is 6.04 Å². The van der Waals surface area contributed by atoms with Crippen LogP contribution in [0.5, 0.6) is 5.75 Å². The molecule has 1 aliphatic rings. The first-order chi connectivity index (χ1) is 14.4. The minimum atomic E-state index is -0.426. The number of benzene rings is 2. The number of carbonyl (C=O) groups is 1. The quantitative estimate of drug-likeness (QED) is 0.529. The predicted octanol–water partition coefficient (Wildman–Crippen LogP) is 2.38. The third-order valence-electron chi connectivity index (χ3n) is 5.20. The van der Waals surface area contributed by atoms with Gasteiger partial charge < -0.3 is 20.7 Å². The summed E-state index contributed by atoms with van der Waals surface area (Å²) >= 11 is 0. The van der Waals surface area contributed by atoms with Crippen molar-refractivity contribution < 1.29 is 14.5 Å². The van der Waals surface area contributed by atoms with Crippen molar-refractivity contribution in [3.63, 3.8) is 0 Å². The number of methoxy groups -OCH3 is 1. The number of nitrogens with zero attached hydrogens (tertiary/aromatic N) is 3. The number of nitrogens with one attached hydrogen (secondary N) is 1. The number of nitrogens with two attached hydrogens (primary N) is 1. The standard InChI is InChI=1S/C21H27N5O4/c1-15(27)23-16-7-8-20(21(13-16)30-2)25-11-9-24(10-12-25)14-18(22)17-5-3-4-6-19(17)26(28)29/h3-8,13,18H,9-12,14,22H2,1-2H3,(H,23,27). The molecule has 3 N–H and O–H groups in total. The molecule has 1 heterocycles. The van der Waals surface area contributed by atoms with Crippen LogP contribution < -0.4 is 20.7 Å². The summed E-state index contributed by atoms with van der Waals surface area (Å²) in [4.78, 5) is 26.6. The zero-order valence-corrected chi connectivity index (χ0v) is 17.2. The van der Waals surface area contributed by atoms with E-state index in [2.05, 4.69) is 15.1 Å². The number of anilines is 2. The lowest BCUT2D eigenvalue weighted by Crippen LogP contribution is -2.48. The Kier molecular flexibility index (Phi) is 6.86. The van der Waals surface area contributed by atoms with Crippen molar-refractivity contribution in [1.29, 1.82) is 0 Å². The van der Waals surface area contributed by atoms with Gasteiger partial charge in [0.15, 0.2) is 0 Å². The second-order valence-corrected chi connectivity index (χ2v) is 7.28. The first-order valence-corrected chi connectivity index (χ1v) is 9.81. The average Bonchev–Trinajstić information content (AvgIpc) is 2.73. The monoisotopic (exact) mass is 413 g/mol. The average molecular weight is 413 g/mol. The van der Waals surface area contributed by atoms with Crippen LogP contribution in [0.1, 0.15) is 18.5 Å². The van der Waals surface area contributed by atoms with Crippen LogP contribution in [0.25, 0.3) is 0 Å². The number of piperazine rings is 1. The van der Waals surface area contributed by atoms with Gasteiger partial charge in [0.05, 0.1) is 17.7 Å². The number of nitro benzene ring substituents is 1. The van der Waals surface area contributed by atoms with E-state index in [-0.39, 0.29) is 16.5 Å². The van der Waals surface area contributed by atoms with Crippen molar-refractivity contribution in [3.8, 4) is 5.75 Å². The smallest absolute Gasteiger partial charge is 0.274 e.